The smallest absolute Gasteiger partial charge is 0.400 e. The summed E-state index contributed by atoms with van der Waals surface area (Å²) in [5.74, 6) is -1.32. The van der Waals surface area contributed by atoms with Gasteiger partial charge >= 0.3 is 6.11 Å². The zero-order chi connectivity index (χ0) is 31.1. The molecule has 3 aliphatic rings. The number of rotatable bonds is 12. The minimum absolute atomic E-state index is 0.00908. The summed E-state index contributed by atoms with van der Waals surface area (Å²) in [4.78, 5) is 0. The quantitative estimate of drug-likeness (QED) is 0.174. The molecule has 4 nitrogen and oxygen atoms in total. The molecule has 1 aliphatic heterocycles. The maximum Gasteiger partial charge on any atom is 0.400 e. The van der Waals surface area contributed by atoms with Crippen molar-refractivity contribution in [1.82, 2.24) is 0 Å². The molecule has 0 atom stereocenters. The van der Waals surface area contributed by atoms with E-state index in [9.17, 15) is 13.2 Å². The average molecular weight is 625 g/mol. The highest BCUT2D eigenvalue weighted by molar-refractivity contribution is 5.66. The number of unbranched alkanes of at least 4 members (excludes halogenated alkanes) is 2. The van der Waals surface area contributed by atoms with Crippen LogP contribution in [0.25, 0.3) is 11.1 Å². The van der Waals surface area contributed by atoms with Crippen LogP contribution in [0.15, 0.2) is 36.4 Å². The van der Waals surface area contributed by atoms with Crippen molar-refractivity contribution in [2.24, 2.45) is 29.6 Å². The summed E-state index contributed by atoms with van der Waals surface area (Å²) in [6, 6.07) is 6.98. The number of ether oxygens (including phenoxy) is 4. The van der Waals surface area contributed by atoms with Gasteiger partial charge < -0.3 is 18.9 Å². The van der Waals surface area contributed by atoms with Gasteiger partial charge in [0.2, 0.25) is 6.86 Å². The first-order valence-corrected chi connectivity index (χ1v) is 16.4. The molecule has 2 aliphatic carbocycles. The number of hydrogen-bond acceptors (Lipinski definition) is 4. The molecule has 3 fully saturated rings. The van der Waals surface area contributed by atoms with Crippen molar-refractivity contribution in [2.45, 2.75) is 96.4 Å². The zero-order valence-corrected chi connectivity index (χ0v) is 25.6. The summed E-state index contributed by atoms with van der Waals surface area (Å²) in [6.45, 7) is 2.60. The Bertz CT molecular complexity index is 1190. The highest BCUT2D eigenvalue weighted by Gasteiger charge is 2.45. The second-order valence-electron chi connectivity index (χ2n) is 12.9. The van der Waals surface area contributed by atoms with Crippen molar-refractivity contribution in [2.75, 3.05) is 20.1 Å². The zero-order valence-electron chi connectivity index (χ0n) is 25.6. The van der Waals surface area contributed by atoms with Crippen molar-refractivity contribution in [3.05, 3.63) is 48.0 Å². The number of alkyl halides is 3. The first kappa shape index (κ1) is 33.0. The molecule has 244 valence electrons. The molecule has 44 heavy (non-hydrogen) atoms. The minimum atomic E-state index is -3.43. The lowest BCUT2D eigenvalue weighted by molar-refractivity contribution is -0.232. The number of halogens is 5. The Labute approximate surface area is 257 Å². The van der Waals surface area contributed by atoms with Gasteiger partial charge in [-0.25, -0.2) is 13.2 Å². The Morgan fingerprint density at radius 3 is 2.07 bits per heavy atom. The van der Waals surface area contributed by atoms with Crippen LogP contribution in [0.2, 0.25) is 0 Å². The molecular weight excluding hydrogens is 579 g/mol. The monoisotopic (exact) mass is 624 g/mol. The predicted octanol–water partition coefficient (Wildman–Crippen LogP) is 10.1. The van der Waals surface area contributed by atoms with Gasteiger partial charge in [-0.05, 0) is 99.5 Å². The lowest BCUT2D eigenvalue weighted by atomic mass is 9.69. The van der Waals surface area contributed by atoms with Crippen LogP contribution in [0.3, 0.4) is 0 Å². The van der Waals surface area contributed by atoms with Crippen LogP contribution in [0.5, 0.6) is 11.5 Å². The van der Waals surface area contributed by atoms with Crippen LogP contribution in [0.1, 0.15) is 84.0 Å². The van der Waals surface area contributed by atoms with Gasteiger partial charge in [-0.2, -0.15) is 8.78 Å². The maximum atomic E-state index is 15.2. The molecule has 2 saturated carbocycles. The molecule has 0 N–H and O–H groups in total. The van der Waals surface area contributed by atoms with Gasteiger partial charge in [0.1, 0.15) is 11.6 Å². The van der Waals surface area contributed by atoms with Crippen molar-refractivity contribution in [3.8, 4) is 22.6 Å². The van der Waals surface area contributed by atoms with Crippen molar-refractivity contribution >= 4 is 0 Å². The minimum Gasteiger partial charge on any atom is -0.460 e. The van der Waals surface area contributed by atoms with E-state index in [0.717, 1.165) is 63.9 Å². The molecule has 0 bridgehead atoms. The largest absolute Gasteiger partial charge is 0.460 e. The second-order valence-corrected chi connectivity index (χ2v) is 12.9. The predicted molar refractivity (Wildman–Crippen MR) is 158 cm³/mol. The van der Waals surface area contributed by atoms with E-state index in [-0.39, 0.29) is 28.9 Å². The SMILES string of the molecule is CCCCCC1COC(C2CCC(C3CCC(C(F)(F)Oc4ccc(-c5ccc(OCF)c(F)c5)c(F)c4)CC3)CC2)OC1. The van der Waals surface area contributed by atoms with E-state index in [0.29, 0.717) is 36.5 Å². The van der Waals surface area contributed by atoms with Gasteiger partial charge in [0, 0.05) is 23.5 Å². The lowest BCUT2D eigenvalue weighted by Crippen LogP contribution is -2.40. The van der Waals surface area contributed by atoms with E-state index in [4.69, 9.17) is 14.2 Å². The third-order valence-electron chi connectivity index (χ3n) is 9.97. The van der Waals surface area contributed by atoms with Gasteiger partial charge in [0.25, 0.3) is 0 Å². The maximum absolute atomic E-state index is 15.2. The Morgan fingerprint density at radius 2 is 1.45 bits per heavy atom. The molecule has 2 aromatic rings. The molecule has 0 radical (unpaired) electrons. The third kappa shape index (κ3) is 8.25. The van der Waals surface area contributed by atoms with Crippen LogP contribution in [-0.4, -0.2) is 32.5 Å². The highest BCUT2D eigenvalue weighted by Crippen LogP contribution is 2.46. The molecular formula is C35H45F5O4. The lowest BCUT2D eigenvalue weighted by Gasteiger charge is -2.41. The van der Waals surface area contributed by atoms with E-state index in [1.807, 2.05) is 0 Å². The van der Waals surface area contributed by atoms with Crippen molar-refractivity contribution in [1.29, 1.82) is 0 Å². The van der Waals surface area contributed by atoms with Gasteiger partial charge in [-0.3, -0.25) is 0 Å². The van der Waals surface area contributed by atoms with Crippen molar-refractivity contribution < 1.29 is 40.9 Å². The summed E-state index contributed by atoms with van der Waals surface area (Å²) >= 11 is 0. The normalized spacial score (nSPS) is 28.0. The van der Waals surface area contributed by atoms with Gasteiger partial charge in [0.15, 0.2) is 17.9 Å². The average Bonchev–Trinajstić information content (AvgIpc) is 3.03. The molecule has 0 amide bonds. The van der Waals surface area contributed by atoms with Gasteiger partial charge in [-0.15, -0.1) is 0 Å². The molecule has 1 heterocycles. The molecule has 1 saturated heterocycles. The fourth-order valence-corrected chi connectivity index (χ4v) is 7.37. The fraction of sp³-hybridized carbons (Fsp3) is 0.657. The molecule has 0 aromatic heterocycles. The second kappa shape index (κ2) is 15.3. The number of hydrogen-bond donors (Lipinski definition) is 0. The summed E-state index contributed by atoms with van der Waals surface area (Å²) in [5.41, 5.74) is 0.178. The molecule has 0 unspecified atom stereocenters. The standard InChI is InChI=1S/C35H45F5O4/c1-2-3-4-5-23-20-41-34(42-21-23)26-8-6-24(7-9-26)25-10-13-28(14-11-25)35(39,40)44-29-15-16-30(31(37)19-29)27-12-17-33(43-22-36)32(38)18-27/h12,15-19,23-26,28,34H,2-11,13-14,20-22H2,1H3. The molecule has 5 rings (SSSR count). The summed E-state index contributed by atoms with van der Waals surface area (Å²) < 4.78 is 93.5. The Kier molecular flexibility index (Phi) is 11.4. The highest BCUT2D eigenvalue weighted by atomic mass is 19.3. The van der Waals surface area contributed by atoms with Gasteiger partial charge in [0.05, 0.1) is 19.1 Å². The van der Waals surface area contributed by atoms with E-state index in [1.54, 1.807) is 0 Å². The molecule has 9 heteroatoms. The Hall–Kier alpha value is -2.39. The first-order valence-electron chi connectivity index (χ1n) is 16.4. The van der Waals surface area contributed by atoms with Crippen LogP contribution in [0.4, 0.5) is 22.0 Å². The van der Waals surface area contributed by atoms with Crippen LogP contribution < -0.4 is 9.47 Å². The van der Waals surface area contributed by atoms with E-state index in [2.05, 4.69) is 11.7 Å². The third-order valence-corrected chi connectivity index (χ3v) is 9.97. The van der Waals surface area contributed by atoms with Crippen molar-refractivity contribution in [3.63, 3.8) is 0 Å². The summed E-state index contributed by atoms with van der Waals surface area (Å²) in [5, 5.41) is 0. The Balaban J connectivity index is 1.07. The molecule has 2 aromatic carbocycles. The number of benzene rings is 2. The summed E-state index contributed by atoms with van der Waals surface area (Å²) in [7, 11) is 0. The fourth-order valence-electron chi connectivity index (χ4n) is 7.37. The van der Waals surface area contributed by atoms with Gasteiger partial charge in [-0.1, -0.05) is 32.3 Å². The topological polar surface area (TPSA) is 36.9 Å². The van der Waals surface area contributed by atoms with E-state index >= 15 is 8.78 Å². The van der Waals surface area contributed by atoms with Crippen LogP contribution in [-0.2, 0) is 9.47 Å². The van der Waals surface area contributed by atoms with Crippen LogP contribution >= 0.6 is 0 Å². The van der Waals surface area contributed by atoms with Crippen LogP contribution in [0, 0.1) is 41.2 Å². The first-order chi connectivity index (χ1) is 21.3. The van der Waals surface area contributed by atoms with E-state index < -0.39 is 30.5 Å². The van der Waals surface area contributed by atoms with E-state index in [1.165, 1.54) is 49.9 Å². The molecule has 0 spiro atoms. The summed E-state index contributed by atoms with van der Waals surface area (Å²) in [6.07, 6.45) is 7.79. The Morgan fingerprint density at radius 1 is 0.795 bits per heavy atom.